The van der Waals surface area contributed by atoms with E-state index in [4.69, 9.17) is 9.84 Å². The van der Waals surface area contributed by atoms with Gasteiger partial charge in [-0.25, -0.2) is 9.78 Å². The van der Waals surface area contributed by atoms with Crippen molar-refractivity contribution in [3.8, 4) is 17.1 Å². The number of aromatic amines is 1. The molecule has 3 aromatic rings. The molecule has 8 nitrogen and oxygen atoms in total. The van der Waals surface area contributed by atoms with E-state index in [9.17, 15) is 14.9 Å². The summed E-state index contributed by atoms with van der Waals surface area (Å²) >= 11 is 0. The monoisotopic (exact) mass is 313 g/mol. The zero-order valence-corrected chi connectivity index (χ0v) is 11.9. The maximum atomic E-state index is 11.0. The maximum Gasteiger partial charge on any atom is 0.335 e. The summed E-state index contributed by atoms with van der Waals surface area (Å²) in [4.78, 5) is 28.7. The number of benzene rings is 2. The average molecular weight is 313 g/mol. The van der Waals surface area contributed by atoms with Crippen LogP contribution in [0.4, 0.5) is 5.69 Å². The number of fused-ring (bicyclic) bond motifs is 1. The van der Waals surface area contributed by atoms with Crippen molar-refractivity contribution in [2.24, 2.45) is 0 Å². The first kappa shape index (κ1) is 14.5. The van der Waals surface area contributed by atoms with Crippen molar-refractivity contribution < 1.29 is 19.6 Å². The minimum atomic E-state index is -1.03. The molecule has 0 spiro atoms. The number of nitro benzene ring substituents is 1. The van der Waals surface area contributed by atoms with Crippen molar-refractivity contribution in [1.82, 2.24) is 9.97 Å². The fourth-order valence-electron chi connectivity index (χ4n) is 2.26. The smallest absolute Gasteiger partial charge is 0.335 e. The quantitative estimate of drug-likeness (QED) is 0.564. The molecule has 2 N–H and O–H groups in total. The Labute approximate surface area is 129 Å². The van der Waals surface area contributed by atoms with Crippen molar-refractivity contribution in [1.29, 1.82) is 0 Å². The summed E-state index contributed by atoms with van der Waals surface area (Å²) in [6, 6.07) is 8.73. The fraction of sp³-hybridized carbons (Fsp3) is 0.0667. The van der Waals surface area contributed by atoms with Crippen molar-refractivity contribution >= 4 is 22.7 Å². The number of methoxy groups -OCH3 is 1. The Morgan fingerprint density at radius 2 is 2.09 bits per heavy atom. The summed E-state index contributed by atoms with van der Waals surface area (Å²) in [5.74, 6) is -0.290. The lowest BCUT2D eigenvalue weighted by Gasteiger charge is -2.05. The minimum Gasteiger partial charge on any atom is -0.496 e. The highest BCUT2D eigenvalue weighted by Gasteiger charge is 2.16. The number of H-pyrrole nitrogens is 1. The number of ether oxygens (including phenoxy) is 1. The molecule has 0 aliphatic heterocycles. The number of hydrogen-bond donors (Lipinski definition) is 2. The zero-order valence-electron chi connectivity index (χ0n) is 11.9. The third-order valence-corrected chi connectivity index (χ3v) is 3.38. The van der Waals surface area contributed by atoms with E-state index in [1.54, 1.807) is 6.07 Å². The van der Waals surface area contributed by atoms with Crippen LogP contribution >= 0.6 is 0 Å². The van der Waals surface area contributed by atoms with Crippen LogP contribution in [-0.4, -0.2) is 33.1 Å². The van der Waals surface area contributed by atoms with Crippen LogP contribution in [0.15, 0.2) is 36.4 Å². The van der Waals surface area contributed by atoms with Gasteiger partial charge in [-0.1, -0.05) is 0 Å². The Hall–Kier alpha value is -3.42. The number of non-ortho nitro benzene ring substituents is 1. The summed E-state index contributed by atoms with van der Waals surface area (Å²) in [6.45, 7) is 0. The molecule has 1 aromatic heterocycles. The molecule has 0 bridgehead atoms. The number of nitrogens with one attached hydrogen (secondary N) is 1. The SMILES string of the molecule is COc1cc([N+](=O)[O-])ccc1-c1nc2ccc(C(=O)O)cc2[nH]1. The van der Waals surface area contributed by atoms with Gasteiger partial charge in [0, 0.05) is 6.07 Å². The Morgan fingerprint density at radius 1 is 1.30 bits per heavy atom. The summed E-state index contributed by atoms with van der Waals surface area (Å²) < 4.78 is 5.19. The van der Waals surface area contributed by atoms with Crippen LogP contribution in [0, 0.1) is 10.1 Å². The highest BCUT2D eigenvalue weighted by Crippen LogP contribution is 2.32. The Bertz CT molecular complexity index is 932. The molecule has 0 aliphatic rings. The Kier molecular flexibility index (Phi) is 3.41. The van der Waals surface area contributed by atoms with E-state index < -0.39 is 10.9 Å². The Balaban J connectivity index is 2.12. The van der Waals surface area contributed by atoms with Gasteiger partial charge in [-0.3, -0.25) is 10.1 Å². The van der Waals surface area contributed by atoms with Crippen molar-refractivity contribution in [3.05, 3.63) is 52.1 Å². The molecule has 3 rings (SSSR count). The molecule has 0 aliphatic carbocycles. The van der Waals surface area contributed by atoms with Crippen LogP contribution in [0.25, 0.3) is 22.4 Å². The van der Waals surface area contributed by atoms with Crippen molar-refractivity contribution in [2.45, 2.75) is 0 Å². The molecule has 0 saturated carbocycles. The number of imidazole rings is 1. The van der Waals surface area contributed by atoms with E-state index in [-0.39, 0.29) is 11.3 Å². The summed E-state index contributed by atoms with van der Waals surface area (Å²) in [7, 11) is 1.41. The van der Waals surface area contributed by atoms with E-state index in [0.29, 0.717) is 28.2 Å². The molecule has 0 atom stereocenters. The molecule has 1 heterocycles. The maximum absolute atomic E-state index is 11.0. The van der Waals surface area contributed by atoms with Gasteiger partial charge in [0.1, 0.15) is 11.6 Å². The van der Waals surface area contributed by atoms with E-state index in [2.05, 4.69) is 9.97 Å². The number of aromatic nitrogens is 2. The van der Waals surface area contributed by atoms with Gasteiger partial charge in [0.25, 0.3) is 5.69 Å². The number of nitro groups is 1. The van der Waals surface area contributed by atoms with Gasteiger partial charge in [0.15, 0.2) is 0 Å². The highest BCUT2D eigenvalue weighted by atomic mass is 16.6. The van der Waals surface area contributed by atoms with Gasteiger partial charge in [0.2, 0.25) is 0 Å². The second kappa shape index (κ2) is 5.41. The molecule has 0 saturated heterocycles. The average Bonchev–Trinajstić information content (AvgIpc) is 2.96. The molecule has 0 unspecified atom stereocenters. The molecule has 0 fully saturated rings. The van der Waals surface area contributed by atoms with E-state index >= 15 is 0 Å². The topological polar surface area (TPSA) is 118 Å². The molecule has 23 heavy (non-hydrogen) atoms. The van der Waals surface area contributed by atoms with Crippen LogP contribution in [0.2, 0.25) is 0 Å². The third-order valence-electron chi connectivity index (χ3n) is 3.38. The van der Waals surface area contributed by atoms with Gasteiger partial charge >= 0.3 is 5.97 Å². The zero-order chi connectivity index (χ0) is 16.6. The number of rotatable bonds is 4. The molecule has 8 heteroatoms. The number of carbonyl (C=O) groups is 1. The second-order valence-electron chi connectivity index (χ2n) is 4.76. The van der Waals surface area contributed by atoms with Gasteiger partial charge in [-0.15, -0.1) is 0 Å². The van der Waals surface area contributed by atoms with Crippen LogP contribution in [0.3, 0.4) is 0 Å². The molecular weight excluding hydrogens is 302 g/mol. The van der Waals surface area contributed by atoms with Crippen LogP contribution in [-0.2, 0) is 0 Å². The van der Waals surface area contributed by atoms with Crippen LogP contribution in [0.1, 0.15) is 10.4 Å². The van der Waals surface area contributed by atoms with E-state index in [0.717, 1.165) is 0 Å². The first-order valence-corrected chi connectivity index (χ1v) is 6.55. The van der Waals surface area contributed by atoms with Gasteiger partial charge < -0.3 is 14.8 Å². The predicted octanol–water partition coefficient (Wildman–Crippen LogP) is 2.84. The van der Waals surface area contributed by atoms with E-state index in [1.165, 1.54) is 37.4 Å². The number of hydrogen-bond acceptors (Lipinski definition) is 5. The van der Waals surface area contributed by atoms with Gasteiger partial charge in [-0.2, -0.15) is 0 Å². The fourth-order valence-corrected chi connectivity index (χ4v) is 2.26. The van der Waals surface area contributed by atoms with Crippen molar-refractivity contribution in [3.63, 3.8) is 0 Å². The van der Waals surface area contributed by atoms with Crippen molar-refractivity contribution in [2.75, 3.05) is 7.11 Å². The summed E-state index contributed by atoms with van der Waals surface area (Å²) in [5.41, 5.74) is 1.75. The predicted molar refractivity (Wildman–Crippen MR) is 81.7 cm³/mol. The lowest BCUT2D eigenvalue weighted by Crippen LogP contribution is -1.94. The number of carboxylic acid groups (broad SMARTS) is 1. The largest absolute Gasteiger partial charge is 0.496 e. The van der Waals surface area contributed by atoms with Gasteiger partial charge in [-0.05, 0) is 24.3 Å². The van der Waals surface area contributed by atoms with Gasteiger partial charge in [0.05, 0.1) is 40.3 Å². The van der Waals surface area contributed by atoms with Crippen LogP contribution in [0.5, 0.6) is 5.75 Å². The number of aromatic carboxylic acids is 1. The highest BCUT2D eigenvalue weighted by molar-refractivity contribution is 5.93. The molecule has 116 valence electrons. The van der Waals surface area contributed by atoms with E-state index in [1.807, 2.05) is 0 Å². The first-order chi connectivity index (χ1) is 11.0. The summed E-state index contributed by atoms with van der Waals surface area (Å²) in [5, 5.41) is 19.8. The number of carboxylic acids is 1. The second-order valence-corrected chi connectivity index (χ2v) is 4.76. The molecule has 0 radical (unpaired) electrons. The number of nitrogens with zero attached hydrogens (tertiary/aromatic N) is 2. The Morgan fingerprint density at radius 3 is 2.74 bits per heavy atom. The first-order valence-electron chi connectivity index (χ1n) is 6.55. The molecule has 0 amide bonds. The normalized spacial score (nSPS) is 10.7. The molecular formula is C15H11N3O5. The minimum absolute atomic E-state index is 0.0881. The summed E-state index contributed by atoms with van der Waals surface area (Å²) in [6.07, 6.45) is 0. The standard InChI is InChI=1S/C15H11N3O5/c1-23-13-7-9(18(21)22)3-4-10(13)14-16-11-5-2-8(15(19)20)6-12(11)17-14/h2-7H,1H3,(H,16,17)(H,19,20). The molecule has 2 aromatic carbocycles. The lowest BCUT2D eigenvalue weighted by atomic mass is 10.1. The van der Waals surface area contributed by atoms with Crippen LogP contribution < -0.4 is 4.74 Å². The lowest BCUT2D eigenvalue weighted by molar-refractivity contribution is -0.384. The third kappa shape index (κ3) is 2.57.